The van der Waals surface area contributed by atoms with Crippen LogP contribution in [0.4, 0.5) is 5.69 Å². The molecule has 0 unspecified atom stereocenters. The molecule has 1 saturated heterocycles. The summed E-state index contributed by atoms with van der Waals surface area (Å²) in [4.78, 5) is 43.6. The molecule has 7 nitrogen and oxygen atoms in total. The molecule has 3 N–H and O–H groups in total. The number of ether oxygens (including phenoxy) is 1. The molecule has 0 aliphatic carbocycles. The van der Waals surface area contributed by atoms with Gasteiger partial charge in [-0.05, 0) is 47.1 Å². The Labute approximate surface area is 257 Å². The Kier molecular flexibility index (Phi) is 9.29. The van der Waals surface area contributed by atoms with E-state index in [9.17, 15) is 19.5 Å². The van der Waals surface area contributed by atoms with Crippen LogP contribution in [0.25, 0.3) is 0 Å². The van der Waals surface area contributed by atoms with Crippen molar-refractivity contribution in [3.8, 4) is 0 Å². The highest BCUT2D eigenvalue weighted by atomic mass is 31.2. The molecule has 3 atom stereocenters. The molecule has 0 radical (unpaired) electrons. The van der Waals surface area contributed by atoms with E-state index >= 15 is 0 Å². The van der Waals surface area contributed by atoms with Gasteiger partial charge in [0.2, 0.25) is 5.91 Å². The maximum absolute atomic E-state index is 14.4. The third-order valence-electron chi connectivity index (χ3n) is 7.91. The van der Waals surface area contributed by atoms with Crippen LogP contribution in [0, 0.1) is 5.92 Å². The minimum atomic E-state index is -3.13. The van der Waals surface area contributed by atoms with Gasteiger partial charge in [0.1, 0.15) is 12.0 Å². The lowest BCUT2D eigenvalue weighted by Crippen LogP contribution is -2.68. The first-order valence-corrected chi connectivity index (χ1v) is 16.2. The number of β-lactam (4-membered cyclic amide) rings is 1. The Morgan fingerprint density at radius 3 is 1.80 bits per heavy atom. The van der Waals surface area contributed by atoms with E-state index in [1.165, 1.54) is 17.9 Å². The highest BCUT2D eigenvalue weighted by Gasteiger charge is 2.55. The fourth-order valence-corrected chi connectivity index (χ4v) is 10.3. The van der Waals surface area contributed by atoms with Crippen molar-refractivity contribution in [2.45, 2.75) is 25.5 Å². The van der Waals surface area contributed by atoms with Crippen LogP contribution in [-0.2, 0) is 14.3 Å². The van der Waals surface area contributed by atoms with Crippen LogP contribution in [0.1, 0.15) is 23.7 Å². The number of esters is 1. The average Bonchev–Trinajstić information content (AvgIpc) is 3.04. The van der Waals surface area contributed by atoms with Gasteiger partial charge in [0.15, 0.2) is 5.78 Å². The lowest BCUT2D eigenvalue weighted by atomic mass is 9.79. The number of nitrogens with zero attached hydrogens (tertiary/aromatic N) is 1. The normalized spacial score (nSPS) is 16.9. The quantitative estimate of drug-likeness (QED) is 0.0670. The van der Waals surface area contributed by atoms with E-state index < -0.39 is 36.8 Å². The lowest BCUT2D eigenvalue weighted by Gasteiger charge is -2.50. The maximum Gasteiger partial charge on any atom is 0.356 e. The van der Waals surface area contributed by atoms with Gasteiger partial charge >= 0.3 is 5.97 Å². The smallest absolute Gasteiger partial charge is 0.356 e. The molecule has 0 bridgehead atoms. The van der Waals surface area contributed by atoms with Crippen molar-refractivity contribution < 1.29 is 24.2 Å². The standard InChI is InChI=1S/C36H35N2O5P/c1-3-23-43-36(42)35(38-31(33(25(2)39)34(38)41)24-32(40)26-19-21-27(37)22-20-26)44(28-13-7-4-8-14-28,29-15-9-5-10-16-29)30-17-11-6-12-18-30/h3-22,25,31,33,39H,1,23-24,37H2,2H3/t25-,31-,33-/m1/s1. The van der Waals surface area contributed by atoms with E-state index in [1.807, 2.05) is 91.0 Å². The zero-order chi connectivity index (χ0) is 31.3. The maximum atomic E-state index is 14.4. The second-order valence-corrected chi connectivity index (χ2v) is 14.0. The van der Waals surface area contributed by atoms with Crippen LogP contribution in [0.15, 0.2) is 128 Å². The van der Waals surface area contributed by atoms with Crippen molar-refractivity contribution in [1.29, 1.82) is 0 Å². The van der Waals surface area contributed by atoms with Gasteiger partial charge in [-0.2, -0.15) is 0 Å². The molecule has 224 valence electrons. The van der Waals surface area contributed by atoms with Crippen molar-refractivity contribution in [2.75, 3.05) is 12.3 Å². The Bertz CT molecular complexity index is 1600. The zero-order valence-corrected chi connectivity index (χ0v) is 25.3. The predicted octanol–water partition coefficient (Wildman–Crippen LogP) is 3.90. The van der Waals surface area contributed by atoms with Gasteiger partial charge in [-0.25, -0.2) is 4.79 Å². The number of nitrogen functional groups attached to an aromatic ring is 1. The number of carbonyl (C=O) groups excluding carboxylic acids is 3. The monoisotopic (exact) mass is 606 g/mol. The van der Waals surface area contributed by atoms with E-state index in [-0.39, 0.29) is 24.2 Å². The number of hydrogen-bond donors (Lipinski definition) is 2. The summed E-state index contributed by atoms with van der Waals surface area (Å²) in [6, 6.07) is 34.6. The van der Waals surface area contributed by atoms with Gasteiger partial charge in [-0.1, -0.05) is 104 Å². The molecule has 1 amide bonds. The first-order valence-electron chi connectivity index (χ1n) is 14.4. The largest absolute Gasteiger partial charge is 0.457 e. The number of benzene rings is 4. The van der Waals surface area contributed by atoms with Gasteiger partial charge in [-0.15, -0.1) is 0 Å². The predicted molar refractivity (Wildman–Crippen MR) is 177 cm³/mol. The number of amides is 1. The number of rotatable bonds is 11. The summed E-state index contributed by atoms with van der Waals surface area (Å²) < 4.78 is 5.75. The molecule has 1 aliphatic rings. The fourth-order valence-electron chi connectivity index (χ4n) is 5.92. The Morgan fingerprint density at radius 2 is 1.36 bits per heavy atom. The molecule has 44 heavy (non-hydrogen) atoms. The van der Waals surface area contributed by atoms with Gasteiger partial charge in [0, 0.05) is 24.6 Å². The van der Waals surface area contributed by atoms with E-state index in [2.05, 4.69) is 6.58 Å². The summed E-state index contributed by atoms with van der Waals surface area (Å²) in [6.45, 7) is 2.04. The van der Waals surface area contributed by atoms with Crippen molar-refractivity contribution in [3.63, 3.8) is 0 Å². The van der Waals surface area contributed by atoms with E-state index in [4.69, 9.17) is 10.5 Å². The minimum absolute atomic E-state index is 0.0718. The Hall–Kier alpha value is -4.71. The second kappa shape index (κ2) is 13.3. The molecule has 1 heterocycles. The molecular weight excluding hydrogens is 571 g/mol. The highest BCUT2D eigenvalue weighted by molar-refractivity contribution is 7.96. The number of aliphatic hydroxyl groups is 1. The van der Waals surface area contributed by atoms with Crippen LogP contribution >= 0.6 is 6.89 Å². The Morgan fingerprint density at radius 1 is 0.886 bits per heavy atom. The number of Topliss-reactive ketones (excluding diaryl/α,β-unsaturated/α-hetero) is 1. The molecule has 0 spiro atoms. The third-order valence-corrected chi connectivity index (χ3v) is 12.2. The SMILES string of the molecule is C=CCOC(=O)C(N1C(=O)[C@H]([C@@H](C)O)[C@H]1CC(=O)c1ccc(N)cc1)=P(c1ccccc1)(c1ccccc1)c1ccccc1. The number of ketones is 1. The summed E-state index contributed by atoms with van der Waals surface area (Å²) in [5.74, 6) is -2.25. The fraction of sp³-hybridized carbons (Fsp3) is 0.167. The Balaban J connectivity index is 1.85. The number of nitrogens with two attached hydrogens (primary N) is 1. The average molecular weight is 607 g/mol. The molecule has 0 saturated carbocycles. The van der Waals surface area contributed by atoms with E-state index in [1.54, 1.807) is 24.3 Å². The van der Waals surface area contributed by atoms with Crippen LogP contribution in [0.5, 0.6) is 0 Å². The number of likely N-dealkylation sites (tertiary alicyclic amines) is 1. The van der Waals surface area contributed by atoms with Gasteiger partial charge < -0.3 is 20.5 Å². The lowest BCUT2D eigenvalue weighted by molar-refractivity contribution is -0.157. The molecule has 1 aliphatic heterocycles. The number of carbonyl (C=O) groups is 3. The van der Waals surface area contributed by atoms with E-state index in [0.29, 0.717) is 11.3 Å². The van der Waals surface area contributed by atoms with Crippen molar-refractivity contribution in [2.24, 2.45) is 5.92 Å². The first-order chi connectivity index (χ1) is 21.3. The topological polar surface area (TPSA) is 110 Å². The van der Waals surface area contributed by atoms with Crippen LogP contribution in [0.2, 0.25) is 0 Å². The molecule has 0 aromatic heterocycles. The van der Waals surface area contributed by atoms with E-state index in [0.717, 1.165) is 15.9 Å². The molecule has 4 aromatic carbocycles. The number of hydrogen-bond acceptors (Lipinski definition) is 6. The zero-order valence-electron chi connectivity index (χ0n) is 24.5. The van der Waals surface area contributed by atoms with Crippen LogP contribution < -0.4 is 21.6 Å². The second-order valence-electron chi connectivity index (χ2n) is 10.7. The summed E-state index contributed by atoms with van der Waals surface area (Å²) in [7, 11) is 0. The van der Waals surface area contributed by atoms with Gasteiger partial charge in [0.05, 0.1) is 18.1 Å². The number of anilines is 1. The van der Waals surface area contributed by atoms with Gasteiger partial charge in [0.25, 0.3) is 0 Å². The summed E-state index contributed by atoms with van der Waals surface area (Å²) in [5, 5.41) is 13.3. The summed E-state index contributed by atoms with van der Waals surface area (Å²) in [6.07, 6.45) is 0.315. The highest BCUT2D eigenvalue weighted by Crippen LogP contribution is 2.50. The van der Waals surface area contributed by atoms with Crippen molar-refractivity contribution >= 4 is 51.6 Å². The molecule has 1 fully saturated rings. The molecule has 5 rings (SSSR count). The third kappa shape index (κ3) is 5.64. The summed E-state index contributed by atoms with van der Waals surface area (Å²) >= 11 is 0. The molecule has 4 aromatic rings. The van der Waals surface area contributed by atoms with Crippen molar-refractivity contribution in [1.82, 2.24) is 4.90 Å². The van der Waals surface area contributed by atoms with Crippen LogP contribution in [0.3, 0.4) is 0 Å². The van der Waals surface area contributed by atoms with Crippen molar-refractivity contribution in [3.05, 3.63) is 133 Å². The minimum Gasteiger partial charge on any atom is -0.457 e. The van der Waals surface area contributed by atoms with Crippen LogP contribution in [-0.4, -0.2) is 51.8 Å². The molecule has 8 heteroatoms. The summed E-state index contributed by atoms with van der Waals surface area (Å²) in [5.41, 5.74) is 6.94. The van der Waals surface area contributed by atoms with Gasteiger partial charge in [-0.3, -0.25) is 9.59 Å². The number of aliphatic hydroxyl groups excluding tert-OH is 1. The molecular formula is C36H35N2O5P. The first kappa shape index (κ1) is 30.7.